The normalized spacial score (nSPS) is 12.3. The van der Waals surface area contributed by atoms with Crippen LogP contribution in [-0.2, 0) is 26.5 Å². The number of hydrogen-bond acceptors (Lipinski definition) is 4. The SMILES string of the molecule is Cc1c[c-]c(-c2cc(C)c(C)cn2)cc1.[2H]C([2H])(c1cc(-c2[c-]ccc3c2oc2c3ccc3sc(C)c(C)c32)ncc1-c1c(C)cccc1C)C(C)(C)C.[Ir]. The van der Waals surface area contributed by atoms with Crippen molar-refractivity contribution in [1.29, 1.82) is 0 Å². The number of furan rings is 1. The molecule has 271 valence electrons. The molecule has 0 unspecified atom stereocenters. The fraction of sp³-hybridized carbons (Fsp3) is 0.250. The zero-order valence-corrected chi connectivity index (χ0v) is 35.3. The number of benzene rings is 4. The van der Waals surface area contributed by atoms with E-state index < -0.39 is 11.8 Å². The smallest absolute Gasteiger partial charge is 0.129 e. The van der Waals surface area contributed by atoms with E-state index in [1.54, 1.807) is 11.3 Å². The van der Waals surface area contributed by atoms with E-state index in [-0.39, 0.29) is 20.1 Å². The second kappa shape index (κ2) is 15.1. The Morgan fingerprint density at radius 3 is 2.15 bits per heavy atom. The molecule has 1 radical (unpaired) electrons. The summed E-state index contributed by atoms with van der Waals surface area (Å²) in [6, 6.07) is 31.3. The van der Waals surface area contributed by atoms with Crippen LogP contribution in [-0.4, -0.2) is 9.97 Å². The van der Waals surface area contributed by atoms with Gasteiger partial charge in [0.1, 0.15) is 5.58 Å². The van der Waals surface area contributed by atoms with Gasteiger partial charge in [0.2, 0.25) is 0 Å². The summed E-state index contributed by atoms with van der Waals surface area (Å²) >= 11 is 1.79. The molecule has 0 atom stereocenters. The van der Waals surface area contributed by atoms with Gasteiger partial charge in [-0.3, -0.25) is 0 Å². The van der Waals surface area contributed by atoms with Crippen molar-refractivity contribution in [3.8, 4) is 33.6 Å². The maximum absolute atomic E-state index is 9.28. The van der Waals surface area contributed by atoms with Crippen molar-refractivity contribution in [1.82, 2.24) is 9.97 Å². The summed E-state index contributed by atoms with van der Waals surface area (Å²) in [5.74, 6) is 0. The van der Waals surface area contributed by atoms with Crippen molar-refractivity contribution >= 4 is 43.4 Å². The summed E-state index contributed by atoms with van der Waals surface area (Å²) in [4.78, 5) is 10.6. The number of fused-ring (bicyclic) bond motifs is 5. The van der Waals surface area contributed by atoms with Gasteiger partial charge in [0, 0.05) is 61.2 Å². The third-order valence-electron chi connectivity index (χ3n) is 9.77. The molecule has 4 heterocycles. The van der Waals surface area contributed by atoms with Crippen LogP contribution in [0.2, 0.25) is 0 Å². The predicted octanol–water partition coefficient (Wildman–Crippen LogP) is 13.6. The second-order valence-electron chi connectivity index (χ2n) is 15.0. The first-order valence-corrected chi connectivity index (χ1v) is 18.6. The van der Waals surface area contributed by atoms with E-state index in [1.807, 2.05) is 63.5 Å². The predicted molar refractivity (Wildman–Crippen MR) is 221 cm³/mol. The monoisotopic (exact) mass is 893 g/mol. The molecule has 0 bridgehead atoms. The molecule has 4 aromatic carbocycles. The van der Waals surface area contributed by atoms with Gasteiger partial charge >= 0.3 is 0 Å². The van der Waals surface area contributed by atoms with Gasteiger partial charge in [-0.2, -0.15) is 0 Å². The summed E-state index contributed by atoms with van der Waals surface area (Å²) in [5.41, 5.74) is 14.1. The fourth-order valence-corrected chi connectivity index (χ4v) is 7.88. The molecule has 53 heavy (non-hydrogen) atoms. The van der Waals surface area contributed by atoms with Gasteiger partial charge in [-0.05, 0) is 104 Å². The van der Waals surface area contributed by atoms with Crippen LogP contribution in [0.4, 0.5) is 0 Å². The number of rotatable bonds is 4. The van der Waals surface area contributed by atoms with E-state index in [4.69, 9.17) is 9.40 Å². The van der Waals surface area contributed by atoms with Crippen molar-refractivity contribution in [3.05, 3.63) is 141 Å². The Balaban J connectivity index is 0.000000270. The van der Waals surface area contributed by atoms with Gasteiger partial charge in [-0.25, -0.2) is 0 Å². The maximum Gasteiger partial charge on any atom is 0.129 e. The fourth-order valence-electron chi connectivity index (χ4n) is 6.81. The van der Waals surface area contributed by atoms with Gasteiger partial charge < -0.3 is 14.4 Å². The minimum atomic E-state index is -1.62. The molecule has 0 aliphatic rings. The van der Waals surface area contributed by atoms with Gasteiger partial charge in [-0.1, -0.05) is 80.6 Å². The summed E-state index contributed by atoms with van der Waals surface area (Å²) in [6.45, 7) is 20.5. The van der Waals surface area contributed by atoms with Crippen LogP contribution >= 0.6 is 11.3 Å². The molecular formula is C48H46IrN2OS-2. The molecule has 3 nitrogen and oxygen atoms in total. The van der Waals surface area contributed by atoms with E-state index in [2.05, 4.69) is 108 Å². The van der Waals surface area contributed by atoms with E-state index >= 15 is 0 Å². The number of pyridine rings is 2. The van der Waals surface area contributed by atoms with Gasteiger partial charge in [0.15, 0.2) is 0 Å². The standard InChI is InChI=1S/C34H32NOS.C14H14N.Ir/c1-19-10-8-11-20(2)30(19)27-18-35-28(16-23(27)17-34(5,6)7)26-13-9-12-24-25-14-15-29-31(21(3)22(4)37-29)33(25)36-32(24)26;1-10-4-6-13(7-5-10)14-8-11(2)12(3)9-15-14;/h8-12,14-16,18H,17H2,1-7H3;4-6,8-9H,1-3H3;/q2*-1;/i17D2;;. The molecular weight excluding hydrogens is 845 g/mol. The topological polar surface area (TPSA) is 38.9 Å². The zero-order chi connectivity index (χ0) is 38.7. The molecule has 8 aromatic rings. The molecule has 0 saturated carbocycles. The summed E-state index contributed by atoms with van der Waals surface area (Å²) in [7, 11) is 0. The van der Waals surface area contributed by atoms with E-state index in [9.17, 15) is 2.74 Å². The number of thiophene rings is 1. The molecule has 5 heteroatoms. The largest absolute Gasteiger partial charge is 0.500 e. The summed E-state index contributed by atoms with van der Waals surface area (Å²) in [5, 5.41) is 3.26. The van der Waals surface area contributed by atoms with Crippen molar-refractivity contribution in [2.24, 2.45) is 5.41 Å². The Morgan fingerprint density at radius 2 is 1.47 bits per heavy atom. The minimum absolute atomic E-state index is 0. The summed E-state index contributed by atoms with van der Waals surface area (Å²) < 4.78 is 26.4. The maximum atomic E-state index is 9.28. The van der Waals surface area contributed by atoms with Crippen LogP contribution in [0.15, 0.2) is 89.6 Å². The molecule has 8 rings (SSSR count). The Labute approximate surface area is 334 Å². The second-order valence-corrected chi connectivity index (χ2v) is 16.2. The van der Waals surface area contributed by atoms with Crippen molar-refractivity contribution in [2.75, 3.05) is 0 Å². The molecule has 0 N–H and O–H groups in total. The van der Waals surface area contributed by atoms with Gasteiger partial charge in [0.25, 0.3) is 0 Å². The molecule has 0 amide bonds. The van der Waals surface area contributed by atoms with Crippen LogP contribution in [0.3, 0.4) is 0 Å². The first kappa shape index (κ1) is 35.6. The van der Waals surface area contributed by atoms with Crippen LogP contribution < -0.4 is 0 Å². The van der Waals surface area contributed by atoms with Crippen molar-refractivity contribution in [3.63, 3.8) is 0 Å². The van der Waals surface area contributed by atoms with Crippen molar-refractivity contribution in [2.45, 2.75) is 75.6 Å². The number of aryl methyl sites for hydroxylation is 7. The third kappa shape index (κ3) is 7.67. The van der Waals surface area contributed by atoms with Crippen molar-refractivity contribution < 1.29 is 27.3 Å². The first-order chi connectivity index (χ1) is 25.6. The minimum Gasteiger partial charge on any atom is -0.500 e. The van der Waals surface area contributed by atoms with Crippen LogP contribution in [0, 0.1) is 66.0 Å². The Kier molecular flexibility index (Phi) is 10.2. The van der Waals surface area contributed by atoms with E-state index in [0.717, 1.165) is 61.0 Å². The first-order valence-electron chi connectivity index (χ1n) is 18.8. The van der Waals surface area contributed by atoms with Gasteiger partial charge in [-0.15, -0.1) is 64.9 Å². The molecule has 0 aliphatic heterocycles. The third-order valence-corrected chi connectivity index (χ3v) is 10.9. The molecule has 0 saturated heterocycles. The van der Waals surface area contributed by atoms with Crippen LogP contribution in [0.25, 0.3) is 65.7 Å². The van der Waals surface area contributed by atoms with Crippen LogP contribution in [0.5, 0.6) is 0 Å². The van der Waals surface area contributed by atoms with Gasteiger partial charge in [0.05, 0.1) is 5.58 Å². The zero-order valence-electron chi connectivity index (χ0n) is 34.1. The number of hydrogen-bond donors (Lipinski definition) is 0. The quantitative estimate of drug-likeness (QED) is 0.165. The van der Waals surface area contributed by atoms with Crippen LogP contribution in [0.1, 0.15) is 67.3 Å². The molecule has 0 aliphatic carbocycles. The van der Waals surface area contributed by atoms with E-state index in [0.29, 0.717) is 11.3 Å². The Morgan fingerprint density at radius 1 is 0.755 bits per heavy atom. The summed E-state index contributed by atoms with van der Waals surface area (Å²) in [6.07, 6.45) is 2.13. The molecule has 0 fully saturated rings. The number of aromatic nitrogens is 2. The molecule has 4 aromatic heterocycles. The Bertz CT molecular complexity index is 2680. The van der Waals surface area contributed by atoms with E-state index in [1.165, 1.54) is 37.2 Å². The molecule has 0 spiro atoms. The number of nitrogens with zero attached hydrogens (tertiary/aromatic N) is 2. The average Bonchev–Trinajstić information content (AvgIpc) is 3.65. The average molecular weight is 893 g/mol. The Hall–Kier alpha value is -4.41.